The minimum atomic E-state index is -2.83. The minimum absolute atomic E-state index is 0.0953. The number of allylic oxidation sites excluding steroid dienone is 1. The van der Waals surface area contributed by atoms with E-state index in [9.17, 15) is 18.7 Å². The summed E-state index contributed by atoms with van der Waals surface area (Å²) in [6.07, 6.45) is 3.46. The van der Waals surface area contributed by atoms with Gasteiger partial charge in [0.25, 0.3) is 5.92 Å². The minimum Gasteiger partial charge on any atom is -0.478 e. The van der Waals surface area contributed by atoms with Crippen LogP contribution in [0.5, 0.6) is 0 Å². The summed E-state index contributed by atoms with van der Waals surface area (Å²) in [5, 5.41) is 9.89. The Morgan fingerprint density at radius 2 is 1.97 bits per heavy atom. The maximum Gasteiger partial charge on any atom is 0.336 e. The van der Waals surface area contributed by atoms with Crippen LogP contribution < -0.4 is 10.6 Å². The summed E-state index contributed by atoms with van der Waals surface area (Å²) in [7, 11) is 0. The van der Waals surface area contributed by atoms with Crippen molar-refractivity contribution in [3.05, 3.63) is 82.5 Å². The van der Waals surface area contributed by atoms with E-state index in [0.717, 1.165) is 5.56 Å². The smallest absolute Gasteiger partial charge is 0.336 e. The molecule has 1 aromatic heterocycles. The number of piperidine rings is 1. The van der Waals surface area contributed by atoms with Crippen LogP contribution in [0, 0.1) is 12.8 Å². The Morgan fingerprint density at radius 1 is 1.23 bits per heavy atom. The number of carboxylic acids is 1. The molecule has 4 rings (SSSR count). The third-order valence-corrected chi connectivity index (χ3v) is 6.25. The molecule has 35 heavy (non-hydrogen) atoms. The van der Waals surface area contributed by atoms with E-state index in [0.29, 0.717) is 40.0 Å². The lowest BCUT2D eigenvalue weighted by Crippen LogP contribution is -2.47. The maximum absolute atomic E-state index is 14.6. The van der Waals surface area contributed by atoms with Crippen molar-refractivity contribution >= 4 is 29.3 Å². The first-order chi connectivity index (χ1) is 16.6. The van der Waals surface area contributed by atoms with Crippen molar-refractivity contribution in [1.29, 1.82) is 0 Å². The average Bonchev–Trinajstić information content (AvgIpc) is 2.79. The number of halogens is 3. The molecule has 0 bridgehead atoms. The third-order valence-electron chi connectivity index (χ3n) is 6.02. The Labute approximate surface area is 207 Å². The second kappa shape index (κ2) is 10.00. The summed E-state index contributed by atoms with van der Waals surface area (Å²) in [4.78, 5) is 21.8. The number of aromatic nitrogens is 2. The summed E-state index contributed by atoms with van der Waals surface area (Å²) in [5.74, 6) is -4.16. The van der Waals surface area contributed by atoms with Gasteiger partial charge in [-0.1, -0.05) is 48.0 Å². The Morgan fingerprint density at radius 3 is 2.66 bits per heavy atom. The van der Waals surface area contributed by atoms with Crippen LogP contribution in [0.15, 0.2) is 60.7 Å². The molecule has 9 heteroatoms. The number of aromatic carboxylic acids is 1. The van der Waals surface area contributed by atoms with E-state index in [-0.39, 0.29) is 25.1 Å². The number of nitrogen functional groups attached to an aromatic ring is 1. The molecule has 2 aromatic carbocycles. The molecular formula is C26H25ClF2N4O2. The monoisotopic (exact) mass is 498 g/mol. The van der Waals surface area contributed by atoms with Gasteiger partial charge in [0.15, 0.2) is 0 Å². The number of carbonyl (C=O) groups is 1. The maximum atomic E-state index is 14.6. The lowest BCUT2D eigenvalue weighted by Gasteiger charge is -2.37. The number of hydrogen-bond acceptors (Lipinski definition) is 5. The lowest BCUT2D eigenvalue weighted by molar-refractivity contribution is -0.0547. The van der Waals surface area contributed by atoms with Gasteiger partial charge in [-0.25, -0.2) is 18.6 Å². The highest BCUT2D eigenvalue weighted by atomic mass is 35.5. The van der Waals surface area contributed by atoms with E-state index in [4.69, 9.17) is 17.3 Å². The molecule has 3 N–H and O–H groups in total. The molecule has 0 radical (unpaired) electrons. The zero-order valence-electron chi connectivity index (χ0n) is 19.1. The van der Waals surface area contributed by atoms with Gasteiger partial charge in [0.05, 0.1) is 11.5 Å². The van der Waals surface area contributed by atoms with Gasteiger partial charge in [-0.3, -0.25) is 0 Å². The number of nitrogens with zero attached hydrogens (tertiary/aromatic N) is 3. The van der Waals surface area contributed by atoms with Gasteiger partial charge in [-0.2, -0.15) is 4.98 Å². The normalized spacial score (nSPS) is 17.6. The molecule has 1 saturated heterocycles. The van der Waals surface area contributed by atoms with Gasteiger partial charge in [0.1, 0.15) is 5.82 Å². The number of rotatable bonds is 6. The van der Waals surface area contributed by atoms with Crippen LogP contribution in [0.1, 0.15) is 28.0 Å². The molecule has 0 amide bonds. The van der Waals surface area contributed by atoms with E-state index in [1.165, 1.54) is 12.1 Å². The summed E-state index contributed by atoms with van der Waals surface area (Å²) < 4.78 is 29.2. The highest BCUT2D eigenvalue weighted by Gasteiger charge is 2.43. The molecule has 1 aliphatic heterocycles. The van der Waals surface area contributed by atoms with Crippen LogP contribution >= 0.6 is 11.6 Å². The van der Waals surface area contributed by atoms with Crippen LogP contribution in [-0.4, -0.2) is 40.1 Å². The number of carboxylic acid groups (broad SMARTS) is 1. The van der Waals surface area contributed by atoms with Gasteiger partial charge >= 0.3 is 5.97 Å². The molecule has 6 nitrogen and oxygen atoms in total. The lowest BCUT2D eigenvalue weighted by atomic mass is 9.92. The highest BCUT2D eigenvalue weighted by Crippen LogP contribution is 2.36. The first kappa shape index (κ1) is 24.6. The molecule has 1 aliphatic rings. The Bertz CT molecular complexity index is 1240. The fourth-order valence-corrected chi connectivity index (χ4v) is 4.34. The molecule has 182 valence electrons. The van der Waals surface area contributed by atoms with Crippen molar-refractivity contribution in [2.24, 2.45) is 5.92 Å². The Kier molecular flexibility index (Phi) is 7.03. The standard InChI is InChI=1S/C26H25ClF2N4O2/c1-16-13-23(30)32-25(31-16)33-12-11-26(28,29)19(15-33)4-2-3-17-5-7-18(8-6-17)22-14-20(27)9-10-21(22)24(34)35/h2,4-10,13-14,19H,3,11-12,15H2,1H3,(H,34,35)(H2,30,31,32). The zero-order valence-corrected chi connectivity index (χ0v) is 19.8. The zero-order chi connectivity index (χ0) is 25.2. The fourth-order valence-electron chi connectivity index (χ4n) is 4.16. The summed E-state index contributed by atoms with van der Waals surface area (Å²) >= 11 is 6.05. The highest BCUT2D eigenvalue weighted by molar-refractivity contribution is 6.31. The van der Waals surface area contributed by atoms with Gasteiger partial charge in [0, 0.05) is 36.3 Å². The molecule has 1 fully saturated rings. The van der Waals surface area contributed by atoms with E-state index in [2.05, 4.69) is 9.97 Å². The molecule has 3 aromatic rings. The predicted molar refractivity (Wildman–Crippen MR) is 133 cm³/mol. The van der Waals surface area contributed by atoms with Crippen LogP contribution in [0.3, 0.4) is 0 Å². The molecule has 1 atom stereocenters. The molecule has 2 heterocycles. The fraction of sp³-hybridized carbons (Fsp3) is 0.269. The van der Waals surface area contributed by atoms with E-state index in [1.54, 1.807) is 48.2 Å². The molecule has 0 aliphatic carbocycles. The van der Waals surface area contributed by atoms with Gasteiger partial charge < -0.3 is 15.7 Å². The van der Waals surface area contributed by atoms with Crippen LogP contribution in [0.4, 0.5) is 20.5 Å². The number of aryl methyl sites for hydroxylation is 1. The van der Waals surface area contributed by atoms with Gasteiger partial charge in [0.2, 0.25) is 5.95 Å². The van der Waals surface area contributed by atoms with Gasteiger partial charge in [-0.15, -0.1) is 0 Å². The topological polar surface area (TPSA) is 92.3 Å². The SMILES string of the molecule is Cc1cc(N)nc(N2CCC(F)(F)C(C=CCc3ccc(-c4cc(Cl)ccc4C(=O)O)cc3)C2)n1. The van der Waals surface area contributed by atoms with Crippen molar-refractivity contribution in [1.82, 2.24) is 9.97 Å². The number of nitrogens with two attached hydrogens (primary N) is 1. The summed E-state index contributed by atoms with van der Waals surface area (Å²) in [6.45, 7) is 2.04. The van der Waals surface area contributed by atoms with Crippen LogP contribution in [0.2, 0.25) is 5.02 Å². The molecular weight excluding hydrogens is 474 g/mol. The van der Waals surface area contributed by atoms with E-state index in [1.807, 2.05) is 12.1 Å². The van der Waals surface area contributed by atoms with Crippen LogP contribution in [-0.2, 0) is 6.42 Å². The van der Waals surface area contributed by atoms with Crippen molar-refractivity contribution in [2.75, 3.05) is 23.7 Å². The number of alkyl halides is 2. The quantitative estimate of drug-likeness (QED) is 0.427. The van der Waals surface area contributed by atoms with E-state index < -0.39 is 17.8 Å². The van der Waals surface area contributed by atoms with Crippen molar-refractivity contribution < 1.29 is 18.7 Å². The van der Waals surface area contributed by atoms with Crippen LogP contribution in [0.25, 0.3) is 11.1 Å². The first-order valence-electron chi connectivity index (χ1n) is 11.1. The Hall–Kier alpha value is -3.52. The largest absolute Gasteiger partial charge is 0.478 e. The van der Waals surface area contributed by atoms with Gasteiger partial charge in [-0.05, 0) is 48.2 Å². The second-order valence-corrected chi connectivity index (χ2v) is 9.06. The predicted octanol–water partition coefficient (Wildman–Crippen LogP) is 5.65. The number of anilines is 2. The van der Waals surface area contributed by atoms with Crippen molar-refractivity contribution in [3.8, 4) is 11.1 Å². The summed E-state index contributed by atoms with van der Waals surface area (Å²) in [6, 6.07) is 13.6. The molecule has 0 spiro atoms. The first-order valence-corrected chi connectivity index (χ1v) is 11.5. The molecule has 1 unspecified atom stereocenters. The van der Waals surface area contributed by atoms with E-state index >= 15 is 0 Å². The summed E-state index contributed by atoms with van der Waals surface area (Å²) in [5.41, 5.74) is 8.79. The van der Waals surface area contributed by atoms with Crippen molar-refractivity contribution in [2.45, 2.75) is 25.7 Å². The third kappa shape index (κ3) is 5.77. The number of hydrogen-bond donors (Lipinski definition) is 2. The second-order valence-electron chi connectivity index (χ2n) is 8.62. The Balaban J connectivity index is 1.46. The average molecular weight is 499 g/mol. The molecule has 0 saturated carbocycles. The van der Waals surface area contributed by atoms with Crippen molar-refractivity contribution in [3.63, 3.8) is 0 Å². The number of benzene rings is 2.